The maximum atomic E-state index is 12.0. The lowest BCUT2D eigenvalue weighted by Gasteiger charge is -2.08. The minimum Gasteiger partial charge on any atom is -0.508 e. The Morgan fingerprint density at radius 1 is 1.10 bits per heavy atom. The van der Waals surface area contributed by atoms with Crippen LogP contribution in [-0.4, -0.2) is 20.1 Å². The van der Waals surface area contributed by atoms with E-state index in [-0.39, 0.29) is 17.3 Å². The lowest BCUT2D eigenvalue weighted by Crippen LogP contribution is -1.99. The highest BCUT2D eigenvalue weighted by Crippen LogP contribution is 2.35. The molecule has 4 nitrogen and oxygen atoms in total. The van der Waals surface area contributed by atoms with Crippen LogP contribution in [0.5, 0.6) is 11.5 Å². The minimum absolute atomic E-state index is 0.0635. The van der Waals surface area contributed by atoms with E-state index in [1.165, 1.54) is 17.5 Å². The van der Waals surface area contributed by atoms with Gasteiger partial charge >= 0.3 is 0 Å². The molecule has 3 rings (SSSR count). The smallest absolute Gasteiger partial charge is 0.200 e. The van der Waals surface area contributed by atoms with Gasteiger partial charge in [-0.05, 0) is 37.3 Å². The minimum atomic E-state index is -3.49. The van der Waals surface area contributed by atoms with Crippen molar-refractivity contribution in [3.05, 3.63) is 59.0 Å². The first-order chi connectivity index (χ1) is 9.95. The van der Waals surface area contributed by atoms with Gasteiger partial charge in [-0.15, -0.1) is 0 Å². The van der Waals surface area contributed by atoms with Gasteiger partial charge in [-0.2, -0.15) is 0 Å². The molecule has 0 amide bonds. The molecule has 0 aromatic heterocycles. The van der Waals surface area contributed by atoms with Gasteiger partial charge in [0.15, 0.2) is 0 Å². The third kappa shape index (κ3) is 2.64. The number of benzene rings is 2. The zero-order valence-corrected chi connectivity index (χ0v) is 12.2. The van der Waals surface area contributed by atoms with Crippen LogP contribution in [0.1, 0.15) is 11.1 Å². The molecule has 0 saturated heterocycles. The Morgan fingerprint density at radius 2 is 1.81 bits per heavy atom. The Kier molecular flexibility index (Phi) is 3.22. The summed E-state index contributed by atoms with van der Waals surface area (Å²) in [5.41, 5.74) is 2.30. The van der Waals surface area contributed by atoms with Crippen LogP contribution in [0.15, 0.2) is 52.8 Å². The van der Waals surface area contributed by atoms with Gasteiger partial charge in [0, 0.05) is 16.5 Å². The molecule has 1 N–H and O–H groups in total. The molecule has 108 valence electrons. The molecule has 0 bridgehead atoms. The highest BCUT2D eigenvalue weighted by Gasteiger charge is 2.27. The first kappa shape index (κ1) is 13.7. The molecular formula is C16H14O4S. The molecule has 5 heteroatoms. The second-order valence-electron chi connectivity index (χ2n) is 4.97. The monoisotopic (exact) mass is 302 g/mol. The summed E-state index contributed by atoms with van der Waals surface area (Å²) in [6.07, 6.45) is 0. The number of phenolic OH excluding ortho intramolecular Hbond substituents is 1. The van der Waals surface area contributed by atoms with E-state index in [0.29, 0.717) is 16.9 Å². The van der Waals surface area contributed by atoms with Gasteiger partial charge in [-0.3, -0.25) is 0 Å². The summed E-state index contributed by atoms with van der Waals surface area (Å²) < 4.78 is 29.7. The van der Waals surface area contributed by atoms with Crippen molar-refractivity contribution in [2.75, 3.05) is 6.61 Å². The molecule has 1 aliphatic heterocycles. The number of fused-ring (bicyclic) bond motifs is 1. The number of aryl methyl sites for hydroxylation is 1. The third-order valence-electron chi connectivity index (χ3n) is 3.33. The zero-order valence-electron chi connectivity index (χ0n) is 11.4. The van der Waals surface area contributed by atoms with Gasteiger partial charge < -0.3 is 9.84 Å². The summed E-state index contributed by atoms with van der Waals surface area (Å²) in [6.45, 7) is 2.15. The second kappa shape index (κ2) is 4.93. The summed E-state index contributed by atoms with van der Waals surface area (Å²) in [4.78, 5) is 0.130. The number of hydrogen-bond acceptors (Lipinski definition) is 4. The van der Waals surface area contributed by atoms with Crippen molar-refractivity contribution < 1.29 is 18.3 Å². The summed E-state index contributed by atoms with van der Waals surface area (Å²) in [7, 11) is -3.49. The third-order valence-corrected chi connectivity index (χ3v) is 4.88. The largest absolute Gasteiger partial charge is 0.508 e. The van der Waals surface area contributed by atoms with Crippen LogP contribution in [0.4, 0.5) is 0 Å². The van der Waals surface area contributed by atoms with E-state index < -0.39 is 9.84 Å². The quantitative estimate of drug-likeness (QED) is 0.947. The number of ether oxygens (including phenoxy) is 1. The van der Waals surface area contributed by atoms with Crippen LogP contribution < -0.4 is 4.74 Å². The number of hydrogen-bond donors (Lipinski definition) is 1. The topological polar surface area (TPSA) is 63.6 Å². The van der Waals surface area contributed by atoms with Gasteiger partial charge in [-0.25, -0.2) is 8.42 Å². The molecule has 0 spiro atoms. The van der Waals surface area contributed by atoms with Crippen molar-refractivity contribution in [2.24, 2.45) is 0 Å². The average Bonchev–Trinajstić information content (AvgIpc) is 2.69. The number of aromatic hydroxyl groups is 1. The SMILES string of the molecule is Cc1ccc(OCC2=CS(=O)(=O)c3cc(O)ccc32)cc1. The van der Waals surface area contributed by atoms with Crippen LogP contribution in [0, 0.1) is 6.92 Å². The van der Waals surface area contributed by atoms with E-state index in [1.54, 1.807) is 6.07 Å². The predicted molar refractivity (Wildman–Crippen MR) is 79.9 cm³/mol. The first-order valence-corrected chi connectivity index (χ1v) is 7.99. The van der Waals surface area contributed by atoms with Crippen molar-refractivity contribution in [3.63, 3.8) is 0 Å². The highest BCUT2D eigenvalue weighted by molar-refractivity contribution is 7.95. The molecule has 0 radical (unpaired) electrons. The van der Waals surface area contributed by atoms with Crippen LogP contribution in [-0.2, 0) is 9.84 Å². The summed E-state index contributed by atoms with van der Waals surface area (Å²) >= 11 is 0. The molecule has 1 heterocycles. The molecule has 0 aliphatic carbocycles. The van der Waals surface area contributed by atoms with Crippen molar-refractivity contribution in [1.29, 1.82) is 0 Å². The van der Waals surface area contributed by atoms with E-state index >= 15 is 0 Å². The molecule has 1 aliphatic rings. The van der Waals surface area contributed by atoms with E-state index in [2.05, 4.69) is 0 Å². The van der Waals surface area contributed by atoms with Crippen molar-refractivity contribution in [2.45, 2.75) is 11.8 Å². The van der Waals surface area contributed by atoms with Crippen molar-refractivity contribution in [3.8, 4) is 11.5 Å². The number of phenols is 1. The van der Waals surface area contributed by atoms with Gasteiger partial charge in [0.1, 0.15) is 18.1 Å². The van der Waals surface area contributed by atoms with Crippen molar-refractivity contribution >= 4 is 15.4 Å². The van der Waals surface area contributed by atoms with Crippen molar-refractivity contribution in [1.82, 2.24) is 0 Å². The Balaban J connectivity index is 1.86. The van der Waals surface area contributed by atoms with Crippen LogP contribution >= 0.6 is 0 Å². The number of sulfone groups is 1. The van der Waals surface area contributed by atoms with Gasteiger partial charge in [0.25, 0.3) is 0 Å². The standard InChI is InChI=1S/C16H14O4S/c1-11-2-5-14(6-3-11)20-9-12-10-21(18,19)16-8-13(17)4-7-15(12)16/h2-8,10,17H,9H2,1H3. The van der Waals surface area contributed by atoms with Gasteiger partial charge in [0.2, 0.25) is 9.84 Å². The Bertz CT molecular complexity index is 818. The second-order valence-corrected chi connectivity index (χ2v) is 6.74. The van der Waals surface area contributed by atoms with Crippen LogP contribution in [0.2, 0.25) is 0 Å². The van der Waals surface area contributed by atoms with Gasteiger partial charge in [0.05, 0.1) is 4.90 Å². The maximum Gasteiger partial charge on any atom is 0.200 e. The normalized spacial score (nSPS) is 15.4. The number of rotatable bonds is 3. The highest BCUT2D eigenvalue weighted by atomic mass is 32.2. The van der Waals surface area contributed by atoms with E-state index in [9.17, 15) is 13.5 Å². The molecule has 0 fully saturated rings. The summed E-state index contributed by atoms with van der Waals surface area (Å²) in [6, 6.07) is 11.9. The fourth-order valence-electron chi connectivity index (χ4n) is 2.23. The average molecular weight is 302 g/mol. The maximum absolute atomic E-state index is 12.0. The predicted octanol–water partition coefficient (Wildman–Crippen LogP) is 2.91. The Labute approximate surface area is 123 Å². The fourth-order valence-corrected chi connectivity index (χ4v) is 3.72. The van der Waals surface area contributed by atoms with Crippen LogP contribution in [0.25, 0.3) is 5.57 Å². The summed E-state index contributed by atoms with van der Waals surface area (Å²) in [5.74, 6) is 0.623. The van der Waals surface area contributed by atoms with E-state index in [4.69, 9.17) is 4.74 Å². The summed E-state index contributed by atoms with van der Waals surface area (Å²) in [5, 5.41) is 10.6. The molecule has 2 aromatic carbocycles. The molecule has 2 aromatic rings. The van der Waals surface area contributed by atoms with Crippen LogP contribution in [0.3, 0.4) is 0 Å². The van der Waals surface area contributed by atoms with Gasteiger partial charge in [-0.1, -0.05) is 17.7 Å². The molecule has 0 atom stereocenters. The zero-order chi connectivity index (χ0) is 15.0. The molecular weight excluding hydrogens is 288 g/mol. The Hall–Kier alpha value is -2.27. The lowest BCUT2D eigenvalue weighted by atomic mass is 10.1. The first-order valence-electron chi connectivity index (χ1n) is 6.44. The molecule has 0 saturated carbocycles. The lowest BCUT2D eigenvalue weighted by molar-refractivity contribution is 0.370. The fraction of sp³-hybridized carbons (Fsp3) is 0.125. The van der Waals surface area contributed by atoms with E-state index in [0.717, 1.165) is 5.56 Å². The van der Waals surface area contributed by atoms with E-state index in [1.807, 2.05) is 31.2 Å². The molecule has 0 unspecified atom stereocenters. The molecule has 21 heavy (non-hydrogen) atoms. The Morgan fingerprint density at radius 3 is 2.52 bits per heavy atom.